The fourth-order valence-electron chi connectivity index (χ4n) is 2.40. The van der Waals surface area contributed by atoms with Gasteiger partial charge < -0.3 is 19.2 Å². The van der Waals surface area contributed by atoms with Gasteiger partial charge in [-0.25, -0.2) is 0 Å². The van der Waals surface area contributed by atoms with Crippen molar-refractivity contribution in [3.05, 3.63) is 81.7 Å². The van der Waals surface area contributed by atoms with Gasteiger partial charge >= 0.3 is 0 Å². The molecule has 0 bridgehead atoms. The summed E-state index contributed by atoms with van der Waals surface area (Å²) in [5, 5.41) is 4.30. The lowest BCUT2D eigenvalue weighted by Crippen LogP contribution is -2.21. The molecule has 0 aliphatic heterocycles. The Morgan fingerprint density at radius 3 is 2.67 bits per heavy atom. The minimum atomic E-state index is 0.299. The first-order valence-corrected chi connectivity index (χ1v) is 9.28. The molecule has 3 aromatic rings. The Labute approximate surface area is 173 Å². The van der Waals surface area contributed by atoms with E-state index in [0.717, 1.165) is 16.9 Å². The van der Waals surface area contributed by atoms with Crippen LogP contribution in [0.15, 0.2) is 59.2 Å². The van der Waals surface area contributed by atoms with Crippen LogP contribution < -0.4 is 14.8 Å². The highest BCUT2D eigenvalue weighted by Gasteiger charge is 2.10. The Balaban J connectivity index is 1.67. The zero-order valence-corrected chi connectivity index (χ0v) is 16.8. The lowest BCUT2D eigenvalue weighted by atomic mass is 10.2. The second-order valence-corrected chi connectivity index (χ2v) is 6.90. The van der Waals surface area contributed by atoms with Gasteiger partial charge in [-0.05, 0) is 42.5 Å². The van der Waals surface area contributed by atoms with E-state index in [9.17, 15) is 0 Å². The summed E-state index contributed by atoms with van der Waals surface area (Å²) in [5.41, 5.74) is 1.66. The van der Waals surface area contributed by atoms with Crippen LogP contribution in [0.1, 0.15) is 16.9 Å². The maximum absolute atomic E-state index is 6.18. The Morgan fingerprint density at radius 1 is 1.11 bits per heavy atom. The van der Waals surface area contributed by atoms with E-state index in [-0.39, 0.29) is 0 Å². The van der Waals surface area contributed by atoms with Crippen LogP contribution in [-0.4, -0.2) is 12.1 Å². The number of methoxy groups -OCH3 is 1. The maximum atomic E-state index is 6.18. The smallest absolute Gasteiger partial charge is 0.161 e. The predicted molar refractivity (Wildman–Crippen MR) is 111 cm³/mol. The van der Waals surface area contributed by atoms with E-state index >= 15 is 0 Å². The Hall–Kier alpha value is -2.21. The van der Waals surface area contributed by atoms with Crippen molar-refractivity contribution >= 4 is 40.4 Å². The lowest BCUT2D eigenvalue weighted by molar-refractivity contribution is 0.284. The first-order valence-electron chi connectivity index (χ1n) is 8.12. The van der Waals surface area contributed by atoms with E-state index in [1.807, 2.05) is 36.4 Å². The number of rotatable bonds is 7. The molecule has 3 rings (SSSR count). The summed E-state index contributed by atoms with van der Waals surface area (Å²) >= 11 is 17.5. The van der Waals surface area contributed by atoms with E-state index in [0.29, 0.717) is 39.7 Å². The number of thiocarbonyl (C=S) groups is 1. The van der Waals surface area contributed by atoms with E-state index in [1.165, 1.54) is 0 Å². The van der Waals surface area contributed by atoms with Crippen molar-refractivity contribution in [2.24, 2.45) is 0 Å². The molecule has 4 nitrogen and oxygen atoms in total. The molecule has 1 aromatic heterocycles. The zero-order chi connectivity index (χ0) is 19.2. The van der Waals surface area contributed by atoms with Gasteiger partial charge in [0.15, 0.2) is 11.5 Å². The van der Waals surface area contributed by atoms with Crippen molar-refractivity contribution in [2.45, 2.75) is 13.2 Å². The molecule has 2 aromatic carbocycles. The molecule has 0 spiro atoms. The Bertz CT molecular complexity index is 929. The van der Waals surface area contributed by atoms with Crippen molar-refractivity contribution in [3.63, 3.8) is 0 Å². The minimum absolute atomic E-state index is 0.299. The van der Waals surface area contributed by atoms with Gasteiger partial charge in [-0.15, -0.1) is 0 Å². The monoisotopic (exact) mass is 421 g/mol. The molecule has 0 saturated heterocycles. The summed E-state index contributed by atoms with van der Waals surface area (Å²) < 4.78 is 16.6. The van der Waals surface area contributed by atoms with E-state index < -0.39 is 0 Å². The number of furan rings is 1. The van der Waals surface area contributed by atoms with E-state index in [1.54, 1.807) is 25.5 Å². The molecule has 0 atom stereocenters. The van der Waals surface area contributed by atoms with Crippen LogP contribution in [0.5, 0.6) is 11.5 Å². The second kappa shape index (κ2) is 9.13. The average Bonchev–Trinajstić information content (AvgIpc) is 3.19. The Morgan fingerprint density at radius 2 is 1.96 bits per heavy atom. The second-order valence-electron chi connectivity index (χ2n) is 5.65. The van der Waals surface area contributed by atoms with Crippen LogP contribution in [0, 0.1) is 0 Å². The summed E-state index contributed by atoms with van der Waals surface area (Å²) in [5.74, 6) is 1.99. The van der Waals surface area contributed by atoms with Crippen LogP contribution in [0.2, 0.25) is 10.0 Å². The molecular weight excluding hydrogens is 405 g/mol. The molecule has 0 amide bonds. The highest BCUT2D eigenvalue weighted by Crippen LogP contribution is 2.30. The number of halogens is 2. The van der Waals surface area contributed by atoms with Gasteiger partial charge in [0.1, 0.15) is 17.4 Å². The van der Waals surface area contributed by atoms with Gasteiger partial charge in [0.05, 0.1) is 19.9 Å². The molecule has 140 valence electrons. The molecule has 0 unspecified atom stereocenters. The predicted octanol–water partition coefficient (Wildman–Crippen LogP) is 5.64. The molecule has 0 aliphatic carbocycles. The van der Waals surface area contributed by atoms with Crippen LogP contribution in [0.3, 0.4) is 0 Å². The number of nitrogens with one attached hydrogen (secondary N) is 1. The van der Waals surface area contributed by atoms with Crippen molar-refractivity contribution in [3.8, 4) is 11.5 Å². The van der Waals surface area contributed by atoms with Crippen molar-refractivity contribution in [2.75, 3.05) is 7.11 Å². The van der Waals surface area contributed by atoms with Gasteiger partial charge in [0, 0.05) is 21.2 Å². The largest absolute Gasteiger partial charge is 0.493 e. The molecule has 1 heterocycles. The normalized spacial score (nSPS) is 10.5. The first-order chi connectivity index (χ1) is 13.1. The third-order valence-corrected chi connectivity index (χ3v) is 4.79. The van der Waals surface area contributed by atoms with Crippen LogP contribution in [0.25, 0.3) is 0 Å². The summed E-state index contributed by atoms with van der Waals surface area (Å²) in [7, 11) is 1.58. The topological polar surface area (TPSA) is 43.6 Å². The molecule has 0 radical (unpaired) electrons. The van der Waals surface area contributed by atoms with Crippen molar-refractivity contribution in [1.82, 2.24) is 5.32 Å². The van der Waals surface area contributed by atoms with Gasteiger partial charge in [-0.2, -0.15) is 0 Å². The highest BCUT2D eigenvalue weighted by molar-refractivity contribution is 7.80. The quantitative estimate of drug-likeness (QED) is 0.500. The molecular formula is C20H17Cl2NO3S. The standard InChI is InChI=1S/C20H17Cl2NO3S/c1-24-19-9-13(20(27)23-11-16-3-2-8-25-16)5-7-18(19)26-12-14-4-6-15(21)10-17(14)22/h2-10H,11-12H2,1H3,(H,23,27). The third-order valence-electron chi connectivity index (χ3n) is 3.83. The molecule has 0 aliphatic rings. The summed E-state index contributed by atoms with van der Waals surface area (Å²) in [6.07, 6.45) is 1.63. The van der Waals surface area contributed by atoms with Gasteiger partial charge in [0.2, 0.25) is 0 Å². The number of benzene rings is 2. The first kappa shape index (κ1) is 19.5. The summed E-state index contributed by atoms with van der Waals surface area (Å²) in [6, 6.07) is 14.5. The van der Waals surface area contributed by atoms with Crippen LogP contribution in [0.4, 0.5) is 0 Å². The van der Waals surface area contributed by atoms with Crippen LogP contribution >= 0.6 is 35.4 Å². The average molecular weight is 422 g/mol. The lowest BCUT2D eigenvalue weighted by Gasteiger charge is -2.14. The minimum Gasteiger partial charge on any atom is -0.493 e. The van der Waals surface area contributed by atoms with Crippen molar-refractivity contribution in [1.29, 1.82) is 0 Å². The number of hydrogen-bond acceptors (Lipinski definition) is 4. The highest BCUT2D eigenvalue weighted by atomic mass is 35.5. The fraction of sp³-hybridized carbons (Fsp3) is 0.150. The maximum Gasteiger partial charge on any atom is 0.161 e. The number of ether oxygens (including phenoxy) is 2. The summed E-state index contributed by atoms with van der Waals surface area (Å²) in [6.45, 7) is 0.814. The third kappa shape index (κ3) is 5.16. The zero-order valence-electron chi connectivity index (χ0n) is 14.5. The van der Waals surface area contributed by atoms with Gasteiger partial charge in [-0.1, -0.05) is 41.5 Å². The molecule has 27 heavy (non-hydrogen) atoms. The summed E-state index contributed by atoms with van der Waals surface area (Å²) in [4.78, 5) is 0.594. The molecule has 0 saturated carbocycles. The van der Waals surface area contributed by atoms with Crippen molar-refractivity contribution < 1.29 is 13.9 Å². The SMILES string of the molecule is COc1cc(C(=S)NCc2ccco2)ccc1OCc1ccc(Cl)cc1Cl. The molecule has 1 N–H and O–H groups in total. The van der Waals surface area contributed by atoms with Crippen LogP contribution in [-0.2, 0) is 13.2 Å². The Kier molecular flexibility index (Phi) is 6.61. The molecule has 7 heteroatoms. The van der Waals surface area contributed by atoms with Gasteiger partial charge in [-0.3, -0.25) is 0 Å². The van der Waals surface area contributed by atoms with E-state index in [4.69, 9.17) is 49.3 Å². The number of hydrogen-bond donors (Lipinski definition) is 1. The van der Waals surface area contributed by atoms with Gasteiger partial charge in [0.25, 0.3) is 0 Å². The fourth-order valence-corrected chi connectivity index (χ4v) is 3.07. The van der Waals surface area contributed by atoms with E-state index in [2.05, 4.69) is 5.32 Å². The molecule has 0 fully saturated rings.